The molecular formula is C21H20O4. The van der Waals surface area contributed by atoms with Crippen LogP contribution >= 0.6 is 0 Å². The summed E-state index contributed by atoms with van der Waals surface area (Å²) in [6.45, 7) is 3.20. The molecule has 0 aliphatic rings. The largest absolute Gasteiger partial charge is 0.490 e. The van der Waals surface area contributed by atoms with E-state index in [4.69, 9.17) is 14.2 Å². The highest BCUT2D eigenvalue weighted by Crippen LogP contribution is 2.28. The van der Waals surface area contributed by atoms with Crippen LogP contribution in [0.15, 0.2) is 60.7 Å². The van der Waals surface area contributed by atoms with Crippen molar-refractivity contribution in [1.29, 1.82) is 0 Å². The molecule has 128 valence electrons. The van der Waals surface area contributed by atoms with Crippen LogP contribution < -0.4 is 14.2 Å². The number of hydrogen-bond acceptors (Lipinski definition) is 4. The third-order valence-corrected chi connectivity index (χ3v) is 3.80. The predicted octanol–water partition coefficient (Wildman–Crippen LogP) is 4.51. The van der Waals surface area contributed by atoms with Crippen molar-refractivity contribution in [3.8, 4) is 17.2 Å². The summed E-state index contributed by atoms with van der Waals surface area (Å²) in [7, 11) is 0. The molecule has 25 heavy (non-hydrogen) atoms. The third-order valence-electron chi connectivity index (χ3n) is 3.80. The van der Waals surface area contributed by atoms with E-state index in [1.165, 1.54) is 0 Å². The normalized spacial score (nSPS) is 10.4. The van der Waals surface area contributed by atoms with Crippen molar-refractivity contribution in [2.45, 2.75) is 6.92 Å². The smallest absolute Gasteiger partial charge is 0.161 e. The molecule has 3 aromatic carbocycles. The minimum absolute atomic E-state index is 0.333. The minimum Gasteiger partial charge on any atom is -0.490 e. The fourth-order valence-corrected chi connectivity index (χ4v) is 2.67. The van der Waals surface area contributed by atoms with Gasteiger partial charge in [-0.2, -0.15) is 0 Å². The van der Waals surface area contributed by atoms with Crippen molar-refractivity contribution in [3.05, 3.63) is 66.2 Å². The van der Waals surface area contributed by atoms with Gasteiger partial charge in [-0.15, -0.1) is 0 Å². The summed E-state index contributed by atoms with van der Waals surface area (Å²) < 4.78 is 17.0. The van der Waals surface area contributed by atoms with Crippen molar-refractivity contribution in [1.82, 2.24) is 0 Å². The SMILES string of the molecule is CCOc1ccccc1OCCOc1ccc2ccccc2c1C=O. The molecule has 0 aliphatic carbocycles. The molecule has 4 nitrogen and oxygen atoms in total. The lowest BCUT2D eigenvalue weighted by Gasteiger charge is -2.13. The highest BCUT2D eigenvalue weighted by Gasteiger charge is 2.08. The van der Waals surface area contributed by atoms with Gasteiger partial charge in [0, 0.05) is 0 Å². The first-order chi connectivity index (χ1) is 12.3. The van der Waals surface area contributed by atoms with E-state index in [2.05, 4.69) is 0 Å². The van der Waals surface area contributed by atoms with Crippen molar-refractivity contribution in [3.63, 3.8) is 0 Å². The Labute approximate surface area is 146 Å². The number of hydrogen-bond donors (Lipinski definition) is 0. The molecule has 0 unspecified atom stereocenters. The molecule has 0 bridgehead atoms. The quantitative estimate of drug-likeness (QED) is 0.448. The van der Waals surface area contributed by atoms with Gasteiger partial charge in [0.1, 0.15) is 19.0 Å². The Morgan fingerprint density at radius 1 is 0.760 bits per heavy atom. The number of carbonyl (C=O) groups is 1. The first-order valence-electron chi connectivity index (χ1n) is 8.28. The van der Waals surface area contributed by atoms with Crippen molar-refractivity contribution in [2.24, 2.45) is 0 Å². The Balaban J connectivity index is 1.65. The summed E-state index contributed by atoms with van der Waals surface area (Å²) in [6, 6.07) is 19.0. The van der Waals surface area contributed by atoms with Gasteiger partial charge in [-0.25, -0.2) is 0 Å². The lowest BCUT2D eigenvalue weighted by molar-refractivity contribution is 0.111. The molecule has 0 saturated carbocycles. The van der Waals surface area contributed by atoms with E-state index in [0.717, 1.165) is 17.1 Å². The first-order valence-corrected chi connectivity index (χ1v) is 8.28. The number of carbonyl (C=O) groups excluding carboxylic acids is 1. The minimum atomic E-state index is 0.333. The molecular weight excluding hydrogens is 316 g/mol. The van der Waals surface area contributed by atoms with Crippen LogP contribution in [0.3, 0.4) is 0 Å². The van der Waals surface area contributed by atoms with Crippen LogP contribution in [0, 0.1) is 0 Å². The fourth-order valence-electron chi connectivity index (χ4n) is 2.67. The Kier molecular flexibility index (Phi) is 5.52. The van der Waals surface area contributed by atoms with E-state index in [1.54, 1.807) is 0 Å². The van der Waals surface area contributed by atoms with Crippen molar-refractivity contribution in [2.75, 3.05) is 19.8 Å². The summed E-state index contributed by atoms with van der Waals surface area (Å²) in [4.78, 5) is 11.5. The topological polar surface area (TPSA) is 44.8 Å². The predicted molar refractivity (Wildman–Crippen MR) is 97.9 cm³/mol. The number of rotatable bonds is 8. The number of para-hydroxylation sites is 2. The maximum absolute atomic E-state index is 11.5. The van der Waals surface area contributed by atoms with E-state index < -0.39 is 0 Å². The Morgan fingerprint density at radius 2 is 1.40 bits per heavy atom. The van der Waals surface area contributed by atoms with Gasteiger partial charge in [0.25, 0.3) is 0 Å². The van der Waals surface area contributed by atoms with E-state index in [0.29, 0.717) is 42.6 Å². The van der Waals surface area contributed by atoms with Crippen LogP contribution in [0.2, 0.25) is 0 Å². The van der Waals surface area contributed by atoms with E-state index in [-0.39, 0.29) is 0 Å². The number of benzene rings is 3. The van der Waals surface area contributed by atoms with Gasteiger partial charge in [-0.05, 0) is 35.9 Å². The van der Waals surface area contributed by atoms with Gasteiger partial charge in [0.15, 0.2) is 17.8 Å². The molecule has 0 N–H and O–H groups in total. The summed E-state index contributed by atoms with van der Waals surface area (Å²) in [5.74, 6) is 1.96. The Morgan fingerprint density at radius 3 is 2.12 bits per heavy atom. The van der Waals surface area contributed by atoms with Gasteiger partial charge in [0.05, 0.1) is 12.2 Å². The molecule has 0 heterocycles. The fraction of sp³-hybridized carbons (Fsp3) is 0.190. The molecule has 0 aliphatic heterocycles. The molecule has 0 spiro atoms. The zero-order valence-electron chi connectivity index (χ0n) is 14.1. The lowest BCUT2D eigenvalue weighted by Crippen LogP contribution is -2.10. The second-order valence-electron chi connectivity index (χ2n) is 5.39. The third kappa shape index (κ3) is 3.91. The van der Waals surface area contributed by atoms with Crippen LogP contribution in [-0.4, -0.2) is 26.1 Å². The lowest BCUT2D eigenvalue weighted by atomic mass is 10.0. The number of ether oxygens (including phenoxy) is 3. The summed E-state index contributed by atoms with van der Waals surface area (Å²) in [6.07, 6.45) is 0.836. The molecule has 0 radical (unpaired) electrons. The van der Waals surface area contributed by atoms with Crippen LogP contribution in [0.1, 0.15) is 17.3 Å². The molecule has 0 atom stereocenters. The zero-order valence-corrected chi connectivity index (χ0v) is 14.1. The molecule has 0 aromatic heterocycles. The summed E-state index contributed by atoms with van der Waals surface area (Å²) in [5, 5.41) is 1.90. The number of fused-ring (bicyclic) bond motifs is 1. The molecule has 0 saturated heterocycles. The molecule has 0 fully saturated rings. The van der Waals surface area contributed by atoms with Gasteiger partial charge in [-0.1, -0.05) is 42.5 Å². The monoisotopic (exact) mass is 336 g/mol. The van der Waals surface area contributed by atoms with Gasteiger partial charge < -0.3 is 14.2 Å². The molecule has 3 rings (SSSR count). The first kappa shape index (κ1) is 16.8. The summed E-state index contributed by atoms with van der Waals surface area (Å²) in [5.41, 5.74) is 0.563. The molecule has 4 heteroatoms. The van der Waals surface area contributed by atoms with Crippen molar-refractivity contribution < 1.29 is 19.0 Å². The molecule has 0 amide bonds. The molecule has 3 aromatic rings. The average molecular weight is 336 g/mol. The van der Waals surface area contributed by atoms with E-state index in [9.17, 15) is 4.79 Å². The maximum Gasteiger partial charge on any atom is 0.161 e. The highest BCUT2D eigenvalue weighted by molar-refractivity contribution is 6.00. The standard InChI is InChI=1S/C21H20O4/c1-2-23-20-9-5-6-10-21(20)25-14-13-24-19-12-11-16-7-3-4-8-17(16)18(19)15-22/h3-12,15H,2,13-14H2,1H3. The summed E-state index contributed by atoms with van der Waals surface area (Å²) >= 11 is 0. The average Bonchev–Trinajstić information content (AvgIpc) is 2.66. The Hall–Kier alpha value is -3.01. The Bertz CT molecular complexity index is 857. The highest BCUT2D eigenvalue weighted by atomic mass is 16.5. The van der Waals surface area contributed by atoms with Crippen molar-refractivity contribution >= 4 is 17.1 Å². The van der Waals surface area contributed by atoms with Crippen LogP contribution in [-0.2, 0) is 0 Å². The second kappa shape index (κ2) is 8.20. The van der Waals surface area contributed by atoms with Crippen LogP contribution in [0.25, 0.3) is 10.8 Å². The van der Waals surface area contributed by atoms with Gasteiger partial charge in [0.2, 0.25) is 0 Å². The van der Waals surface area contributed by atoms with E-state index >= 15 is 0 Å². The van der Waals surface area contributed by atoms with E-state index in [1.807, 2.05) is 67.6 Å². The van der Waals surface area contributed by atoms with Crippen LogP contribution in [0.5, 0.6) is 17.2 Å². The second-order valence-corrected chi connectivity index (χ2v) is 5.39. The zero-order chi connectivity index (χ0) is 17.5. The number of aldehydes is 1. The van der Waals surface area contributed by atoms with Gasteiger partial charge >= 0.3 is 0 Å². The maximum atomic E-state index is 11.5. The van der Waals surface area contributed by atoms with Crippen LogP contribution in [0.4, 0.5) is 0 Å². The van der Waals surface area contributed by atoms with Gasteiger partial charge in [-0.3, -0.25) is 4.79 Å².